The van der Waals surface area contributed by atoms with Crippen molar-refractivity contribution < 1.29 is 32.9 Å². The summed E-state index contributed by atoms with van der Waals surface area (Å²) in [4.78, 5) is 24.3. The van der Waals surface area contributed by atoms with Gasteiger partial charge in [-0.3, -0.25) is 9.59 Å². The molecule has 1 atom stereocenters. The lowest BCUT2D eigenvalue weighted by Gasteiger charge is -2.16. The van der Waals surface area contributed by atoms with Crippen LogP contribution in [0.5, 0.6) is 17.2 Å². The average molecular weight is 391 g/mol. The van der Waals surface area contributed by atoms with Crippen molar-refractivity contribution in [1.82, 2.24) is 0 Å². The maximum Gasteiger partial charge on any atom is 0.311 e. The van der Waals surface area contributed by atoms with E-state index in [9.17, 15) is 14.0 Å². The summed E-state index contributed by atoms with van der Waals surface area (Å²) in [6.45, 7) is 1.41. The summed E-state index contributed by atoms with van der Waals surface area (Å²) < 4.78 is 34.5. The van der Waals surface area contributed by atoms with Crippen molar-refractivity contribution >= 4 is 17.6 Å². The van der Waals surface area contributed by atoms with Crippen LogP contribution in [0.25, 0.3) is 0 Å². The molecule has 0 radical (unpaired) electrons. The van der Waals surface area contributed by atoms with E-state index in [4.69, 9.17) is 18.9 Å². The predicted octanol–water partition coefficient (Wildman–Crippen LogP) is 2.96. The summed E-state index contributed by atoms with van der Waals surface area (Å²) >= 11 is 0. The van der Waals surface area contributed by atoms with Crippen molar-refractivity contribution in [2.45, 2.75) is 19.4 Å². The SMILES string of the molecule is COc1cc(CC(=O)O[C@H](C)C(=O)Nc2ccccc2F)cc(OC)c1OC. The third kappa shape index (κ3) is 5.12. The van der Waals surface area contributed by atoms with Crippen molar-refractivity contribution in [2.75, 3.05) is 26.6 Å². The van der Waals surface area contributed by atoms with Gasteiger partial charge in [0, 0.05) is 0 Å². The Labute approximate surface area is 162 Å². The van der Waals surface area contributed by atoms with E-state index in [0.717, 1.165) is 0 Å². The standard InChI is InChI=1S/C20H22FNO6/c1-12(20(24)22-15-8-6-5-7-14(15)21)28-18(23)11-13-9-16(25-2)19(27-4)17(10-13)26-3/h5-10,12H,11H2,1-4H3,(H,22,24)/t12-/m1/s1. The maximum atomic E-state index is 13.6. The molecule has 0 fully saturated rings. The number of amides is 1. The highest BCUT2D eigenvalue weighted by Gasteiger charge is 2.21. The van der Waals surface area contributed by atoms with E-state index in [2.05, 4.69) is 5.32 Å². The van der Waals surface area contributed by atoms with Gasteiger partial charge in [-0.05, 0) is 36.8 Å². The molecule has 2 rings (SSSR count). The average Bonchev–Trinajstić information content (AvgIpc) is 2.68. The van der Waals surface area contributed by atoms with E-state index in [-0.39, 0.29) is 12.1 Å². The molecule has 2 aromatic rings. The van der Waals surface area contributed by atoms with E-state index in [1.807, 2.05) is 0 Å². The highest BCUT2D eigenvalue weighted by atomic mass is 19.1. The maximum absolute atomic E-state index is 13.6. The van der Waals surface area contributed by atoms with Crippen LogP contribution in [0, 0.1) is 5.82 Å². The van der Waals surface area contributed by atoms with Gasteiger partial charge in [0.1, 0.15) is 5.82 Å². The number of ether oxygens (including phenoxy) is 4. The third-order valence-corrected chi connectivity index (χ3v) is 3.88. The van der Waals surface area contributed by atoms with Gasteiger partial charge < -0.3 is 24.3 Å². The fraction of sp³-hybridized carbons (Fsp3) is 0.300. The molecule has 28 heavy (non-hydrogen) atoms. The van der Waals surface area contributed by atoms with Gasteiger partial charge in [0.2, 0.25) is 5.75 Å². The monoisotopic (exact) mass is 391 g/mol. The zero-order valence-corrected chi connectivity index (χ0v) is 16.1. The number of anilines is 1. The topological polar surface area (TPSA) is 83.1 Å². The number of halogens is 1. The number of esters is 1. The van der Waals surface area contributed by atoms with Crippen LogP contribution in [-0.2, 0) is 20.7 Å². The lowest BCUT2D eigenvalue weighted by atomic mass is 10.1. The Morgan fingerprint density at radius 1 is 1.04 bits per heavy atom. The van der Waals surface area contributed by atoms with E-state index in [0.29, 0.717) is 22.8 Å². The molecule has 0 unspecified atom stereocenters. The number of methoxy groups -OCH3 is 3. The van der Waals surface area contributed by atoms with Crippen LogP contribution in [-0.4, -0.2) is 39.3 Å². The molecule has 1 N–H and O–H groups in total. The molecular weight excluding hydrogens is 369 g/mol. The number of carbonyl (C=O) groups is 2. The lowest BCUT2D eigenvalue weighted by molar-refractivity contribution is -0.152. The molecule has 7 nitrogen and oxygen atoms in total. The van der Waals surface area contributed by atoms with Gasteiger partial charge in [0.25, 0.3) is 5.91 Å². The summed E-state index contributed by atoms with van der Waals surface area (Å²) in [5.74, 6) is -0.648. The fourth-order valence-corrected chi connectivity index (χ4v) is 2.49. The second-order valence-electron chi connectivity index (χ2n) is 5.81. The Balaban J connectivity index is 2.03. The molecule has 8 heteroatoms. The Morgan fingerprint density at radius 3 is 2.18 bits per heavy atom. The number of carbonyl (C=O) groups excluding carboxylic acids is 2. The van der Waals surface area contributed by atoms with Crippen molar-refractivity contribution in [1.29, 1.82) is 0 Å². The van der Waals surface area contributed by atoms with Gasteiger partial charge >= 0.3 is 5.97 Å². The fourth-order valence-electron chi connectivity index (χ4n) is 2.49. The summed E-state index contributed by atoms with van der Waals surface area (Å²) in [5.41, 5.74) is 0.571. The number of hydrogen-bond acceptors (Lipinski definition) is 6. The Morgan fingerprint density at radius 2 is 1.64 bits per heavy atom. The van der Waals surface area contributed by atoms with Gasteiger partial charge in [-0.1, -0.05) is 12.1 Å². The zero-order chi connectivity index (χ0) is 20.7. The highest BCUT2D eigenvalue weighted by molar-refractivity contribution is 5.95. The summed E-state index contributed by atoms with van der Waals surface area (Å²) in [5, 5.41) is 2.38. The first-order valence-electron chi connectivity index (χ1n) is 8.43. The number of benzene rings is 2. The molecule has 0 bridgehead atoms. The second-order valence-corrected chi connectivity index (χ2v) is 5.81. The van der Waals surface area contributed by atoms with Crippen LogP contribution in [0.1, 0.15) is 12.5 Å². The van der Waals surface area contributed by atoms with Gasteiger partial charge in [-0.2, -0.15) is 0 Å². The van der Waals surface area contributed by atoms with Gasteiger partial charge in [0.05, 0.1) is 33.4 Å². The Bertz CT molecular complexity index is 829. The van der Waals surface area contributed by atoms with E-state index in [1.165, 1.54) is 46.5 Å². The molecule has 150 valence electrons. The first-order valence-corrected chi connectivity index (χ1v) is 8.43. The van der Waals surface area contributed by atoms with Crippen LogP contribution in [0.15, 0.2) is 36.4 Å². The molecule has 2 aromatic carbocycles. The number of para-hydroxylation sites is 1. The van der Waals surface area contributed by atoms with Gasteiger partial charge in [-0.25, -0.2) is 4.39 Å². The highest BCUT2D eigenvalue weighted by Crippen LogP contribution is 2.38. The molecule has 0 aliphatic heterocycles. The lowest BCUT2D eigenvalue weighted by Crippen LogP contribution is -2.30. The Hall–Kier alpha value is -3.29. The van der Waals surface area contributed by atoms with Crippen molar-refractivity contribution in [3.05, 3.63) is 47.8 Å². The van der Waals surface area contributed by atoms with E-state index >= 15 is 0 Å². The van der Waals surface area contributed by atoms with E-state index in [1.54, 1.807) is 18.2 Å². The molecule has 0 aliphatic rings. The van der Waals surface area contributed by atoms with Crippen LogP contribution < -0.4 is 19.5 Å². The second kappa shape index (κ2) is 9.59. The van der Waals surface area contributed by atoms with Crippen molar-refractivity contribution in [3.8, 4) is 17.2 Å². The van der Waals surface area contributed by atoms with Crippen LogP contribution in [0.2, 0.25) is 0 Å². The Kier molecular flexibility index (Phi) is 7.20. The van der Waals surface area contributed by atoms with E-state index < -0.39 is 23.8 Å². The first-order chi connectivity index (χ1) is 13.4. The molecule has 0 aliphatic carbocycles. The molecule has 0 heterocycles. The zero-order valence-electron chi connectivity index (χ0n) is 16.1. The van der Waals surface area contributed by atoms with Gasteiger partial charge in [-0.15, -0.1) is 0 Å². The third-order valence-electron chi connectivity index (χ3n) is 3.88. The largest absolute Gasteiger partial charge is 0.493 e. The van der Waals surface area contributed by atoms with Crippen molar-refractivity contribution in [3.63, 3.8) is 0 Å². The van der Waals surface area contributed by atoms with Crippen molar-refractivity contribution in [2.24, 2.45) is 0 Å². The molecule has 0 spiro atoms. The molecule has 0 aromatic heterocycles. The normalized spacial score (nSPS) is 11.3. The quantitative estimate of drug-likeness (QED) is 0.697. The minimum absolute atomic E-state index is 0.0139. The molecule has 1 amide bonds. The molecule has 0 saturated heterocycles. The summed E-state index contributed by atoms with van der Waals surface area (Å²) in [6.07, 6.45) is -1.22. The summed E-state index contributed by atoms with van der Waals surface area (Å²) in [6, 6.07) is 8.96. The smallest absolute Gasteiger partial charge is 0.311 e. The summed E-state index contributed by atoms with van der Waals surface area (Å²) in [7, 11) is 4.41. The van der Waals surface area contributed by atoms with Crippen LogP contribution in [0.4, 0.5) is 10.1 Å². The molecular formula is C20H22FNO6. The predicted molar refractivity (Wildman–Crippen MR) is 100 cm³/mol. The van der Waals surface area contributed by atoms with Gasteiger partial charge in [0.15, 0.2) is 17.6 Å². The minimum Gasteiger partial charge on any atom is -0.493 e. The van der Waals surface area contributed by atoms with Crippen LogP contribution >= 0.6 is 0 Å². The molecule has 0 saturated carbocycles. The first kappa shape index (κ1) is 21.0. The number of nitrogens with one attached hydrogen (secondary N) is 1. The number of rotatable bonds is 8. The number of hydrogen-bond donors (Lipinski definition) is 1. The van der Waals surface area contributed by atoms with Crippen LogP contribution in [0.3, 0.4) is 0 Å². The minimum atomic E-state index is -1.10.